The number of aromatic amines is 1. The monoisotopic (exact) mass is 924 g/mol. The Kier molecular flexibility index (Phi) is 22.8. The van der Waals surface area contributed by atoms with Crippen LogP contribution in [0.1, 0.15) is 14.4 Å². The molecule has 6 aromatic rings. The summed E-state index contributed by atoms with van der Waals surface area (Å²) in [6.45, 7) is 4.66. The molecule has 0 aliphatic rings. The van der Waals surface area contributed by atoms with Gasteiger partial charge in [0.2, 0.25) is 5.91 Å². The minimum Gasteiger partial charge on any atom is -0.395 e. The van der Waals surface area contributed by atoms with Gasteiger partial charge in [-0.2, -0.15) is 0 Å². The summed E-state index contributed by atoms with van der Waals surface area (Å²) in [6.07, 6.45) is 0. The maximum Gasteiger partial charge on any atom is 0.351 e. The summed E-state index contributed by atoms with van der Waals surface area (Å²) < 4.78 is 1.85. The van der Waals surface area contributed by atoms with E-state index in [-0.39, 0.29) is 52.2 Å². The van der Waals surface area contributed by atoms with Crippen molar-refractivity contribution in [1.82, 2.24) is 10.6 Å². The number of nitrogens with zero attached hydrogens (tertiary/aromatic N) is 7. The second kappa shape index (κ2) is 28.7. The molecule has 4 aromatic carbocycles. The van der Waals surface area contributed by atoms with Crippen LogP contribution in [-0.2, 0) is 16.1 Å². The molecule has 2 amide bonds. The van der Waals surface area contributed by atoms with Crippen LogP contribution in [0.3, 0.4) is 0 Å². The van der Waals surface area contributed by atoms with Crippen molar-refractivity contribution in [1.29, 1.82) is 0 Å². The molecule has 0 atom stereocenters. The maximum absolute atomic E-state index is 12.8. The van der Waals surface area contributed by atoms with E-state index >= 15 is 0 Å². The zero-order chi connectivity index (χ0) is 45.4. The van der Waals surface area contributed by atoms with Crippen LogP contribution in [0.5, 0.6) is 0 Å². The highest BCUT2D eigenvalue weighted by molar-refractivity contribution is 8.76. The quantitative estimate of drug-likeness (QED) is 0.0179. The average Bonchev–Trinajstić information content (AvgIpc) is 3.31. The van der Waals surface area contributed by atoms with Crippen LogP contribution in [0.15, 0.2) is 142 Å². The molecule has 344 valence electrons. The van der Waals surface area contributed by atoms with Gasteiger partial charge in [-0.05, 0) is 83.0 Å². The molecule has 16 nitrogen and oxygen atoms in total. The van der Waals surface area contributed by atoms with E-state index in [1.165, 1.54) is 6.92 Å². The number of para-hydroxylation sites is 2. The highest BCUT2D eigenvalue weighted by atomic mass is 33.1. The fourth-order valence-electron chi connectivity index (χ4n) is 6.39. The van der Waals surface area contributed by atoms with Crippen molar-refractivity contribution in [3.05, 3.63) is 121 Å². The molecule has 0 radical (unpaired) electrons. The Morgan fingerprint density at radius 2 is 1.11 bits per heavy atom. The minimum absolute atomic E-state index is 0. The summed E-state index contributed by atoms with van der Waals surface area (Å²) in [5.41, 5.74) is 5.07. The van der Waals surface area contributed by atoms with Gasteiger partial charge in [0.25, 0.3) is 5.91 Å². The predicted octanol–water partition coefficient (Wildman–Crippen LogP) is 6.46. The Morgan fingerprint density at radius 3 is 1.68 bits per heavy atom. The lowest BCUT2D eigenvalue weighted by molar-refractivity contribution is -0.645. The van der Waals surface area contributed by atoms with Crippen LogP contribution < -0.4 is 30.0 Å². The number of aliphatic hydroxyl groups excluding tert-OH is 4. The minimum atomic E-state index is -0.117. The van der Waals surface area contributed by atoms with Gasteiger partial charge < -0.3 is 40.9 Å². The Labute approximate surface area is 387 Å². The van der Waals surface area contributed by atoms with Gasteiger partial charge in [0.05, 0.1) is 36.7 Å². The number of hydrogen-bond donors (Lipinski definition) is 6. The number of fused-ring (bicyclic) bond motifs is 2. The number of carbonyl (C=O) groups excluding carboxylic acids is 2. The first-order valence-electron chi connectivity index (χ1n) is 20.9. The number of azo groups is 2. The van der Waals surface area contributed by atoms with Crippen molar-refractivity contribution in [3.63, 3.8) is 0 Å². The first-order chi connectivity index (χ1) is 31.3. The van der Waals surface area contributed by atoms with Gasteiger partial charge in [-0.25, -0.2) is 9.55 Å². The third kappa shape index (κ3) is 17.1. The molecular formula is C47H60N10O6S2+2. The number of nitrogens with one attached hydrogen (secondary N) is 3. The van der Waals surface area contributed by atoms with Crippen LogP contribution in [0.4, 0.5) is 34.4 Å². The molecule has 7 N–H and O–H groups in total. The number of pyridine rings is 2. The number of hydrogen-bond acceptors (Lipinski definition) is 14. The van der Waals surface area contributed by atoms with E-state index in [0.29, 0.717) is 56.6 Å². The number of rotatable bonds is 23. The predicted molar refractivity (Wildman–Crippen MR) is 262 cm³/mol. The van der Waals surface area contributed by atoms with Crippen LogP contribution in [0.2, 0.25) is 0 Å². The number of benzene rings is 4. The summed E-state index contributed by atoms with van der Waals surface area (Å²) in [7, 11) is 3.31. The van der Waals surface area contributed by atoms with E-state index in [2.05, 4.69) is 36.1 Å². The van der Waals surface area contributed by atoms with Crippen molar-refractivity contribution in [2.45, 2.75) is 20.9 Å². The molecule has 0 spiro atoms. The van der Waals surface area contributed by atoms with Gasteiger partial charge in [-0.15, -0.1) is 0 Å². The van der Waals surface area contributed by atoms with Gasteiger partial charge in [0.15, 0.2) is 6.54 Å². The average molecular weight is 925 g/mol. The fourth-order valence-corrected chi connectivity index (χ4v) is 8.20. The van der Waals surface area contributed by atoms with E-state index < -0.39 is 0 Å². The number of amides is 2. The molecule has 0 aliphatic carbocycles. The molecule has 0 aliphatic heterocycles. The lowest BCUT2D eigenvalue weighted by atomic mass is 10.2. The Balaban J connectivity index is 0.000000306. The molecule has 0 saturated heterocycles. The zero-order valence-electron chi connectivity index (χ0n) is 35.8. The molecule has 0 bridgehead atoms. The van der Waals surface area contributed by atoms with Crippen molar-refractivity contribution in [2.75, 3.05) is 87.0 Å². The maximum atomic E-state index is 12.8. The summed E-state index contributed by atoms with van der Waals surface area (Å²) in [6, 6.07) is 38.5. The number of anilines is 2. The van der Waals surface area contributed by atoms with Gasteiger partial charge in [0, 0.05) is 92.0 Å². The smallest absolute Gasteiger partial charge is 0.351 e. The van der Waals surface area contributed by atoms with E-state index in [0.717, 1.165) is 50.4 Å². The molecular weight excluding hydrogens is 865 g/mol. The van der Waals surface area contributed by atoms with Gasteiger partial charge >= 0.3 is 11.6 Å². The highest BCUT2D eigenvalue weighted by Gasteiger charge is 2.18. The molecule has 65 heavy (non-hydrogen) atoms. The van der Waals surface area contributed by atoms with Crippen molar-refractivity contribution in [3.8, 4) is 0 Å². The molecule has 0 fully saturated rings. The highest BCUT2D eigenvalue weighted by Crippen LogP contribution is 2.24. The Hall–Kier alpha value is -6.02. The SMILES string of the molecule is C.CC(=O)NCCSSCCNC(=O)C[n+]1c(N=Nc2ccc(N(CCO)CCO)cc2)ccc2ccccc21.OCCN(CCO)c1ccc(N=Nc2ccc3ccccc3[nH+]2)cc1. The van der Waals surface area contributed by atoms with Crippen LogP contribution in [0, 0.1) is 0 Å². The van der Waals surface area contributed by atoms with Gasteiger partial charge in [-0.3, -0.25) is 9.59 Å². The first-order valence-corrected chi connectivity index (χ1v) is 23.4. The second-order valence-electron chi connectivity index (χ2n) is 14.0. The van der Waals surface area contributed by atoms with Crippen molar-refractivity contribution >= 4 is 89.6 Å². The Bertz CT molecular complexity index is 2410. The van der Waals surface area contributed by atoms with Crippen LogP contribution in [-0.4, -0.2) is 109 Å². The standard InChI is InChI=1S/C27H34N6O4S2.C19H20N4O2.CH4/c1-21(36)28-12-18-38-39-19-13-29-27(37)20-33-25-5-3-2-4-22(25)6-11-26(33)31-30-23-7-9-24(10-8-23)32(14-16-34)15-17-35;24-13-11-23(12-14-25)17-8-6-16(7-9-17)21-22-19-10-5-15-3-1-2-4-18(15)20-19;/h2-11,34-35H,12-20H2,1H3,(H-,28,29,36,37);1-10,24-25H,11-14H2;1H4/p+2. The van der Waals surface area contributed by atoms with Crippen molar-refractivity contribution in [2.24, 2.45) is 20.5 Å². The van der Waals surface area contributed by atoms with E-state index in [1.54, 1.807) is 21.6 Å². The second-order valence-corrected chi connectivity index (χ2v) is 16.7. The zero-order valence-corrected chi connectivity index (χ0v) is 37.4. The molecule has 0 saturated carbocycles. The molecule has 6 rings (SSSR count). The largest absolute Gasteiger partial charge is 0.395 e. The fraction of sp³-hybridized carbons (Fsp3) is 0.319. The van der Waals surface area contributed by atoms with E-state index in [1.807, 2.05) is 136 Å². The number of carbonyl (C=O) groups is 2. The van der Waals surface area contributed by atoms with Crippen molar-refractivity contribution < 1.29 is 39.6 Å². The van der Waals surface area contributed by atoms with E-state index in [4.69, 9.17) is 10.2 Å². The number of H-pyrrole nitrogens is 1. The Morgan fingerprint density at radius 1 is 0.600 bits per heavy atom. The molecule has 0 unspecified atom stereocenters. The van der Waals surface area contributed by atoms with E-state index in [9.17, 15) is 19.8 Å². The van der Waals surface area contributed by atoms with Gasteiger partial charge in [0.1, 0.15) is 22.4 Å². The summed E-state index contributed by atoms with van der Waals surface area (Å²) in [5.74, 6) is 2.66. The third-order valence-electron chi connectivity index (χ3n) is 9.46. The number of aliphatic hydroxyl groups is 4. The molecule has 2 heterocycles. The molecule has 18 heteroatoms. The summed E-state index contributed by atoms with van der Waals surface area (Å²) in [5, 5.41) is 61.9. The lowest BCUT2D eigenvalue weighted by Crippen LogP contribution is -2.44. The third-order valence-corrected chi connectivity index (χ3v) is 11.9. The van der Waals surface area contributed by atoms with Crippen LogP contribution >= 0.6 is 21.6 Å². The topological polar surface area (TPSA) is 213 Å². The first kappa shape index (κ1) is 51.6. The summed E-state index contributed by atoms with van der Waals surface area (Å²) >= 11 is 0. The number of aromatic nitrogens is 2. The molecule has 2 aromatic heterocycles. The lowest BCUT2D eigenvalue weighted by Gasteiger charge is -2.22. The normalized spacial score (nSPS) is 11.0. The van der Waals surface area contributed by atoms with Gasteiger partial charge in [-0.1, -0.05) is 65.4 Å². The van der Waals surface area contributed by atoms with Crippen LogP contribution in [0.25, 0.3) is 21.8 Å². The summed E-state index contributed by atoms with van der Waals surface area (Å²) in [4.78, 5) is 30.7.